The fraction of sp³-hybridized carbons (Fsp3) is 0.364. The van der Waals surface area contributed by atoms with Crippen LogP contribution in [0, 0.1) is 0 Å². The third-order valence-corrected chi connectivity index (χ3v) is 5.26. The van der Waals surface area contributed by atoms with Crippen LogP contribution in [0.25, 0.3) is 0 Å². The molecule has 148 valence electrons. The van der Waals surface area contributed by atoms with Crippen molar-refractivity contribution in [3.8, 4) is 0 Å². The number of nitrogens with zero attached hydrogens (tertiary/aromatic N) is 1. The van der Waals surface area contributed by atoms with E-state index < -0.39 is 6.04 Å². The summed E-state index contributed by atoms with van der Waals surface area (Å²) < 4.78 is 0. The molecule has 5 nitrogen and oxygen atoms in total. The molecule has 0 aliphatic carbocycles. The van der Waals surface area contributed by atoms with Crippen LogP contribution in [0.4, 0.5) is 0 Å². The third-order valence-electron chi connectivity index (χ3n) is 5.01. The summed E-state index contributed by atoms with van der Waals surface area (Å²) in [4.78, 5) is 26.8. The van der Waals surface area contributed by atoms with Crippen LogP contribution in [0.3, 0.4) is 0 Å². The van der Waals surface area contributed by atoms with Crippen LogP contribution in [0.1, 0.15) is 34.8 Å². The monoisotopic (exact) mass is 399 g/mol. The van der Waals surface area contributed by atoms with Crippen molar-refractivity contribution >= 4 is 23.4 Å². The maximum atomic E-state index is 12.2. The van der Waals surface area contributed by atoms with Crippen LogP contribution in [0.15, 0.2) is 48.5 Å². The number of amides is 2. The Morgan fingerprint density at radius 3 is 2.57 bits per heavy atom. The summed E-state index contributed by atoms with van der Waals surface area (Å²) in [6.07, 6.45) is 1.96. The van der Waals surface area contributed by atoms with Crippen molar-refractivity contribution in [2.45, 2.75) is 32.4 Å². The maximum Gasteiger partial charge on any atom is 0.251 e. The normalized spacial score (nSPS) is 14.8. The molecule has 2 aromatic rings. The van der Waals surface area contributed by atoms with Crippen molar-refractivity contribution in [3.63, 3.8) is 0 Å². The summed E-state index contributed by atoms with van der Waals surface area (Å²) in [6, 6.07) is 14.6. The molecule has 0 saturated heterocycles. The number of halogens is 1. The summed E-state index contributed by atoms with van der Waals surface area (Å²) in [5.41, 5.74) is 3.32. The molecule has 0 aromatic heterocycles. The Hall–Kier alpha value is -2.37. The number of rotatable bonds is 7. The number of carbonyl (C=O) groups is 2. The molecular weight excluding hydrogens is 374 g/mol. The Labute approximate surface area is 171 Å². The van der Waals surface area contributed by atoms with Crippen molar-refractivity contribution in [3.05, 3.63) is 70.2 Å². The summed E-state index contributed by atoms with van der Waals surface area (Å²) in [7, 11) is 0. The van der Waals surface area contributed by atoms with Gasteiger partial charge in [0.15, 0.2) is 0 Å². The first-order chi connectivity index (χ1) is 13.5. The third kappa shape index (κ3) is 5.57. The average Bonchev–Trinajstić information content (AvgIpc) is 2.71. The minimum Gasteiger partial charge on any atom is -0.354 e. The summed E-state index contributed by atoms with van der Waals surface area (Å²) in [5, 5.41) is 6.19. The Balaban J connectivity index is 1.36. The van der Waals surface area contributed by atoms with E-state index in [9.17, 15) is 9.59 Å². The van der Waals surface area contributed by atoms with Gasteiger partial charge in [0.25, 0.3) is 5.91 Å². The van der Waals surface area contributed by atoms with Crippen LogP contribution in [-0.4, -0.2) is 42.4 Å². The van der Waals surface area contributed by atoms with E-state index in [0.717, 1.165) is 32.5 Å². The Morgan fingerprint density at radius 1 is 1.11 bits per heavy atom. The van der Waals surface area contributed by atoms with Crippen LogP contribution < -0.4 is 10.6 Å². The topological polar surface area (TPSA) is 61.4 Å². The van der Waals surface area contributed by atoms with E-state index in [4.69, 9.17) is 11.6 Å². The van der Waals surface area contributed by atoms with Gasteiger partial charge in [-0.1, -0.05) is 35.9 Å². The molecule has 2 N–H and O–H groups in total. The summed E-state index contributed by atoms with van der Waals surface area (Å²) >= 11 is 5.83. The van der Waals surface area contributed by atoms with Crippen molar-refractivity contribution in [1.29, 1.82) is 0 Å². The van der Waals surface area contributed by atoms with Crippen LogP contribution in [0.2, 0.25) is 5.02 Å². The molecule has 28 heavy (non-hydrogen) atoms. The van der Waals surface area contributed by atoms with E-state index in [1.165, 1.54) is 11.1 Å². The average molecular weight is 400 g/mol. The second-order valence-electron chi connectivity index (χ2n) is 7.14. The number of fused-ring (bicyclic) bond motifs is 1. The molecule has 2 amide bonds. The first-order valence-electron chi connectivity index (χ1n) is 9.66. The Bertz CT molecular complexity index is 823. The van der Waals surface area contributed by atoms with E-state index in [1.807, 2.05) is 0 Å². The molecule has 1 heterocycles. The number of nitrogens with one attached hydrogen (secondary N) is 2. The SMILES string of the molecule is C[C@@H](NC(=O)c1ccc(Cl)cc1)C(=O)NCCCN1CCc2ccccc2C1. The largest absolute Gasteiger partial charge is 0.354 e. The predicted molar refractivity (Wildman–Crippen MR) is 111 cm³/mol. The lowest BCUT2D eigenvalue weighted by Gasteiger charge is -2.28. The van der Waals surface area contributed by atoms with Gasteiger partial charge in [-0.15, -0.1) is 0 Å². The van der Waals surface area contributed by atoms with Gasteiger partial charge in [0, 0.05) is 36.8 Å². The number of hydrogen-bond donors (Lipinski definition) is 2. The van der Waals surface area contributed by atoms with Gasteiger partial charge in [0.1, 0.15) is 6.04 Å². The lowest BCUT2D eigenvalue weighted by molar-refractivity contribution is -0.122. The van der Waals surface area contributed by atoms with Crippen molar-refractivity contribution in [2.75, 3.05) is 19.6 Å². The zero-order chi connectivity index (χ0) is 19.9. The lowest BCUT2D eigenvalue weighted by atomic mass is 10.00. The number of hydrogen-bond acceptors (Lipinski definition) is 3. The van der Waals surface area contributed by atoms with Gasteiger partial charge in [-0.3, -0.25) is 14.5 Å². The molecular formula is C22H26ClN3O2. The van der Waals surface area contributed by atoms with Gasteiger partial charge in [-0.25, -0.2) is 0 Å². The molecule has 0 saturated carbocycles. The second kappa shape index (κ2) is 9.71. The first-order valence-corrected chi connectivity index (χ1v) is 10.0. The van der Waals surface area contributed by atoms with Gasteiger partial charge in [-0.2, -0.15) is 0 Å². The molecule has 6 heteroatoms. The highest BCUT2D eigenvalue weighted by atomic mass is 35.5. The van der Waals surface area contributed by atoms with Crippen LogP contribution in [0.5, 0.6) is 0 Å². The lowest BCUT2D eigenvalue weighted by Crippen LogP contribution is -2.45. The molecule has 3 rings (SSSR count). The highest BCUT2D eigenvalue weighted by Gasteiger charge is 2.17. The zero-order valence-corrected chi connectivity index (χ0v) is 16.8. The van der Waals surface area contributed by atoms with Crippen LogP contribution in [-0.2, 0) is 17.8 Å². The Kier molecular flexibility index (Phi) is 7.06. The minimum atomic E-state index is -0.593. The molecule has 1 atom stereocenters. The first kappa shape index (κ1) is 20.4. The molecule has 1 aliphatic rings. The molecule has 0 unspecified atom stereocenters. The molecule has 0 fully saturated rings. The van der Waals surface area contributed by atoms with Gasteiger partial charge in [0.05, 0.1) is 0 Å². The van der Waals surface area contributed by atoms with Gasteiger partial charge < -0.3 is 10.6 Å². The molecule has 2 aromatic carbocycles. The summed E-state index contributed by atoms with van der Waals surface area (Å²) in [5.74, 6) is -0.461. The van der Waals surface area contributed by atoms with Crippen molar-refractivity contribution in [2.24, 2.45) is 0 Å². The zero-order valence-electron chi connectivity index (χ0n) is 16.1. The number of carbonyl (C=O) groups excluding carboxylic acids is 2. The van der Waals surface area contributed by atoms with Crippen molar-refractivity contribution in [1.82, 2.24) is 15.5 Å². The standard InChI is InChI=1S/C22H26ClN3O2/c1-16(25-22(28)18-7-9-20(23)10-8-18)21(27)24-12-4-13-26-14-11-17-5-2-3-6-19(17)15-26/h2-3,5-10,16H,4,11-15H2,1H3,(H,24,27)(H,25,28)/t16-/m1/s1. The molecule has 0 radical (unpaired) electrons. The fourth-order valence-electron chi connectivity index (χ4n) is 3.36. The number of benzene rings is 2. The van der Waals surface area contributed by atoms with Crippen molar-refractivity contribution < 1.29 is 9.59 Å². The Morgan fingerprint density at radius 2 is 1.82 bits per heavy atom. The van der Waals surface area contributed by atoms with E-state index in [0.29, 0.717) is 17.1 Å². The maximum absolute atomic E-state index is 12.2. The summed E-state index contributed by atoms with van der Waals surface area (Å²) in [6.45, 7) is 5.25. The molecule has 1 aliphatic heterocycles. The van der Waals surface area contributed by atoms with E-state index in [-0.39, 0.29) is 11.8 Å². The van der Waals surface area contributed by atoms with E-state index in [1.54, 1.807) is 31.2 Å². The molecule has 0 bridgehead atoms. The smallest absolute Gasteiger partial charge is 0.251 e. The predicted octanol–water partition coefficient (Wildman–Crippen LogP) is 3.02. The highest BCUT2D eigenvalue weighted by Crippen LogP contribution is 2.18. The highest BCUT2D eigenvalue weighted by molar-refractivity contribution is 6.30. The fourth-order valence-corrected chi connectivity index (χ4v) is 3.49. The van der Waals surface area contributed by atoms with Gasteiger partial charge in [-0.05, 0) is 55.2 Å². The van der Waals surface area contributed by atoms with E-state index in [2.05, 4.69) is 39.8 Å². The minimum absolute atomic E-state index is 0.175. The quantitative estimate of drug-likeness (QED) is 0.703. The second-order valence-corrected chi connectivity index (χ2v) is 7.58. The van der Waals surface area contributed by atoms with Gasteiger partial charge in [0.2, 0.25) is 5.91 Å². The van der Waals surface area contributed by atoms with Gasteiger partial charge >= 0.3 is 0 Å². The van der Waals surface area contributed by atoms with Crippen LogP contribution >= 0.6 is 11.6 Å². The van der Waals surface area contributed by atoms with E-state index >= 15 is 0 Å². The molecule has 0 spiro atoms.